The number of rotatable bonds is 10. The van der Waals surface area contributed by atoms with Gasteiger partial charge in [-0.3, -0.25) is 19.2 Å². The smallest absolute Gasteiger partial charge is 0.277 e. The first kappa shape index (κ1) is 26.3. The van der Waals surface area contributed by atoms with Crippen molar-refractivity contribution in [3.63, 3.8) is 0 Å². The summed E-state index contributed by atoms with van der Waals surface area (Å²) in [6.45, 7) is 14.2. The molecular formula is C26H36N8O3. The topological polar surface area (TPSA) is 121 Å². The van der Waals surface area contributed by atoms with Gasteiger partial charge in [0.15, 0.2) is 11.5 Å². The van der Waals surface area contributed by atoms with E-state index in [1.807, 2.05) is 26.8 Å². The highest BCUT2D eigenvalue weighted by Gasteiger charge is 2.49. The van der Waals surface area contributed by atoms with Crippen molar-refractivity contribution in [3.8, 4) is 11.5 Å². The minimum atomic E-state index is -0.543. The molecule has 1 aliphatic heterocycles. The maximum atomic E-state index is 13.5. The fraction of sp³-hybridized carbons (Fsp3) is 0.500. The molecule has 0 spiro atoms. The van der Waals surface area contributed by atoms with Gasteiger partial charge in [-0.15, -0.1) is 0 Å². The highest BCUT2D eigenvalue weighted by Crippen LogP contribution is 2.41. The zero-order valence-electron chi connectivity index (χ0n) is 22.4. The van der Waals surface area contributed by atoms with Gasteiger partial charge < -0.3 is 20.0 Å². The number of nitrogens with one attached hydrogen (secondary N) is 2. The average molecular weight is 509 g/mol. The second kappa shape index (κ2) is 10.7. The monoisotopic (exact) mass is 508 g/mol. The van der Waals surface area contributed by atoms with Crippen molar-refractivity contribution in [2.24, 2.45) is 18.4 Å². The Morgan fingerprint density at radius 2 is 2.03 bits per heavy atom. The number of hydrogen-bond donors (Lipinski definition) is 2. The van der Waals surface area contributed by atoms with Crippen molar-refractivity contribution in [2.75, 3.05) is 48.3 Å². The van der Waals surface area contributed by atoms with Crippen LogP contribution in [0.3, 0.4) is 0 Å². The van der Waals surface area contributed by atoms with Gasteiger partial charge in [0, 0.05) is 49.8 Å². The van der Waals surface area contributed by atoms with E-state index in [2.05, 4.69) is 44.4 Å². The molecule has 11 nitrogen and oxygen atoms in total. The molecule has 1 unspecified atom stereocenters. The van der Waals surface area contributed by atoms with Crippen molar-refractivity contribution in [2.45, 2.75) is 34.6 Å². The van der Waals surface area contributed by atoms with E-state index in [4.69, 9.17) is 4.42 Å². The van der Waals surface area contributed by atoms with Crippen LogP contribution in [0, 0.1) is 11.3 Å². The van der Waals surface area contributed by atoms with Gasteiger partial charge in [-0.1, -0.05) is 27.7 Å². The largest absolute Gasteiger partial charge is 0.444 e. The number of carbonyl (C=O) groups is 2. The van der Waals surface area contributed by atoms with Crippen LogP contribution in [0.25, 0.3) is 11.5 Å². The molecule has 0 aromatic carbocycles. The van der Waals surface area contributed by atoms with Crippen LogP contribution in [0.5, 0.6) is 0 Å². The van der Waals surface area contributed by atoms with Crippen molar-refractivity contribution in [1.29, 1.82) is 0 Å². The molecule has 1 saturated heterocycles. The van der Waals surface area contributed by atoms with E-state index in [0.29, 0.717) is 35.3 Å². The first-order valence-electron chi connectivity index (χ1n) is 12.7. The highest BCUT2D eigenvalue weighted by molar-refractivity contribution is 6.07. The minimum absolute atomic E-state index is 0.00300. The molecule has 4 heterocycles. The fourth-order valence-corrected chi connectivity index (χ4v) is 4.62. The average Bonchev–Trinajstić information content (AvgIpc) is 3.56. The predicted octanol–water partition coefficient (Wildman–Crippen LogP) is 3.49. The molecular weight excluding hydrogens is 472 g/mol. The van der Waals surface area contributed by atoms with Crippen LogP contribution in [0.2, 0.25) is 0 Å². The number of hydrogen-bond acceptors (Lipinski definition) is 8. The summed E-state index contributed by atoms with van der Waals surface area (Å²) in [4.78, 5) is 39.2. The van der Waals surface area contributed by atoms with E-state index in [1.54, 1.807) is 35.1 Å². The van der Waals surface area contributed by atoms with E-state index >= 15 is 0 Å². The lowest BCUT2D eigenvalue weighted by Crippen LogP contribution is -2.37. The number of aryl methyl sites for hydroxylation is 1. The molecule has 1 atom stereocenters. The Bertz CT molecular complexity index is 1260. The van der Waals surface area contributed by atoms with Gasteiger partial charge in [0.1, 0.15) is 17.8 Å². The molecule has 4 rings (SSSR count). The Balaban J connectivity index is 1.53. The molecule has 11 heteroatoms. The number of aromatic nitrogens is 4. The van der Waals surface area contributed by atoms with Crippen LogP contribution in [0.4, 0.5) is 17.3 Å². The van der Waals surface area contributed by atoms with Gasteiger partial charge in [-0.25, -0.2) is 9.97 Å². The van der Waals surface area contributed by atoms with Gasteiger partial charge >= 0.3 is 0 Å². The molecule has 1 fully saturated rings. The van der Waals surface area contributed by atoms with E-state index in [0.717, 1.165) is 26.2 Å². The maximum Gasteiger partial charge on any atom is 0.277 e. The Hall–Kier alpha value is -3.73. The number of pyridine rings is 1. The number of amides is 2. The number of anilines is 3. The molecule has 37 heavy (non-hydrogen) atoms. The zero-order valence-corrected chi connectivity index (χ0v) is 22.4. The SMILES string of the molecule is CCNc1cc(-c2nc(C(=O)Nc3cn(C)nc3N3CC(CN(CC)CC)C(C)(C)C3=O)co2)ccn1. The van der Waals surface area contributed by atoms with Gasteiger partial charge in [0.05, 0.1) is 6.20 Å². The molecule has 3 aromatic rings. The minimum Gasteiger partial charge on any atom is -0.444 e. The molecule has 0 aliphatic carbocycles. The summed E-state index contributed by atoms with van der Waals surface area (Å²) < 4.78 is 7.17. The second-order valence-corrected chi connectivity index (χ2v) is 9.81. The summed E-state index contributed by atoms with van der Waals surface area (Å²) >= 11 is 0. The number of oxazole rings is 1. The molecule has 2 N–H and O–H groups in total. The lowest BCUT2D eigenvalue weighted by Gasteiger charge is -2.28. The molecule has 0 bridgehead atoms. The third-order valence-electron chi connectivity index (χ3n) is 7.01. The van der Waals surface area contributed by atoms with Crippen molar-refractivity contribution < 1.29 is 14.0 Å². The van der Waals surface area contributed by atoms with E-state index < -0.39 is 11.3 Å². The van der Waals surface area contributed by atoms with Gasteiger partial charge in [0.25, 0.3) is 5.91 Å². The lowest BCUT2D eigenvalue weighted by molar-refractivity contribution is -0.125. The Kier molecular flexibility index (Phi) is 7.63. The summed E-state index contributed by atoms with van der Waals surface area (Å²) in [5.74, 6) is 1.13. The van der Waals surface area contributed by atoms with Gasteiger partial charge in [-0.05, 0) is 32.1 Å². The van der Waals surface area contributed by atoms with Crippen LogP contribution in [0.1, 0.15) is 45.1 Å². The quantitative estimate of drug-likeness (QED) is 0.427. The normalized spacial score (nSPS) is 17.0. The zero-order chi connectivity index (χ0) is 26.7. The van der Waals surface area contributed by atoms with Crippen molar-refractivity contribution >= 4 is 29.1 Å². The Morgan fingerprint density at radius 3 is 2.73 bits per heavy atom. The third kappa shape index (κ3) is 5.36. The molecule has 0 radical (unpaired) electrons. The van der Waals surface area contributed by atoms with E-state index in [1.165, 1.54) is 6.26 Å². The lowest BCUT2D eigenvalue weighted by atomic mass is 9.81. The van der Waals surface area contributed by atoms with Crippen LogP contribution < -0.4 is 15.5 Å². The Labute approximate surface area is 217 Å². The maximum absolute atomic E-state index is 13.5. The standard InChI is InChI=1S/C26H36N8O3/c1-7-27-21-12-17(10-11-28-21)24-30-20(16-37-24)23(35)29-19-15-32(6)31-22(19)34-14-18(13-33(8-2)9-3)26(4,5)25(34)36/h10-12,15-16,18H,7-9,13-14H2,1-6H3,(H,27,28)(H,29,35). The van der Waals surface area contributed by atoms with E-state index in [-0.39, 0.29) is 17.5 Å². The summed E-state index contributed by atoms with van der Waals surface area (Å²) in [5, 5.41) is 10.5. The van der Waals surface area contributed by atoms with Crippen molar-refractivity contribution in [3.05, 3.63) is 36.5 Å². The first-order valence-corrected chi connectivity index (χ1v) is 12.7. The van der Waals surface area contributed by atoms with Crippen LogP contribution >= 0.6 is 0 Å². The number of nitrogens with zero attached hydrogens (tertiary/aromatic N) is 6. The fourth-order valence-electron chi connectivity index (χ4n) is 4.62. The molecule has 198 valence electrons. The van der Waals surface area contributed by atoms with E-state index in [9.17, 15) is 9.59 Å². The number of carbonyl (C=O) groups excluding carboxylic acids is 2. The van der Waals surface area contributed by atoms with Crippen LogP contribution in [0.15, 0.2) is 35.2 Å². The molecule has 1 aliphatic rings. The summed E-state index contributed by atoms with van der Waals surface area (Å²) in [6, 6.07) is 3.58. The summed E-state index contributed by atoms with van der Waals surface area (Å²) in [5.41, 5.74) is 0.733. The highest BCUT2D eigenvalue weighted by atomic mass is 16.3. The predicted molar refractivity (Wildman–Crippen MR) is 142 cm³/mol. The molecule has 0 saturated carbocycles. The molecule has 3 aromatic heterocycles. The van der Waals surface area contributed by atoms with Crippen molar-refractivity contribution in [1.82, 2.24) is 24.6 Å². The first-order chi connectivity index (χ1) is 17.7. The third-order valence-corrected chi connectivity index (χ3v) is 7.01. The van der Waals surface area contributed by atoms with Gasteiger partial charge in [0.2, 0.25) is 11.8 Å². The van der Waals surface area contributed by atoms with Crippen LogP contribution in [-0.2, 0) is 11.8 Å². The van der Waals surface area contributed by atoms with Crippen LogP contribution in [-0.4, -0.2) is 69.2 Å². The van der Waals surface area contributed by atoms with Gasteiger partial charge in [-0.2, -0.15) is 5.10 Å². The summed E-state index contributed by atoms with van der Waals surface area (Å²) in [6.07, 6.45) is 4.66. The second-order valence-electron chi connectivity index (χ2n) is 9.81. The molecule has 2 amide bonds. The summed E-state index contributed by atoms with van der Waals surface area (Å²) in [7, 11) is 1.76. The Morgan fingerprint density at radius 1 is 1.27 bits per heavy atom.